The summed E-state index contributed by atoms with van der Waals surface area (Å²) in [6, 6.07) is 0. The van der Waals surface area contributed by atoms with E-state index in [2.05, 4.69) is 24.2 Å². The Morgan fingerprint density at radius 2 is 0.936 bits per heavy atom. The number of hydrogen-bond donors (Lipinski definition) is 2. The van der Waals surface area contributed by atoms with E-state index in [0.29, 0.717) is 12.8 Å². The van der Waals surface area contributed by atoms with E-state index in [9.17, 15) is 31.3 Å². The van der Waals surface area contributed by atoms with Crippen molar-refractivity contribution in [1.82, 2.24) is 5.32 Å². The molecule has 0 bridgehead atoms. The van der Waals surface area contributed by atoms with Gasteiger partial charge in [0.25, 0.3) is 10.1 Å². The molecule has 0 saturated heterocycles. The molecule has 47 heavy (non-hydrogen) atoms. The molecule has 0 saturated carbocycles. The van der Waals surface area contributed by atoms with Gasteiger partial charge in [-0.2, -0.15) is 8.42 Å². The van der Waals surface area contributed by atoms with Gasteiger partial charge in [0.2, 0.25) is 5.91 Å². The Balaban J connectivity index is -0.000000807. The van der Waals surface area contributed by atoms with Gasteiger partial charge in [0.15, 0.2) is 0 Å². The Labute approximate surface area is 319 Å². The topological polar surface area (TPSA) is 176 Å². The van der Waals surface area contributed by atoms with Crippen LogP contribution in [0.1, 0.15) is 181 Å². The summed E-state index contributed by atoms with van der Waals surface area (Å²) in [6.45, 7) is 4.25. The van der Waals surface area contributed by atoms with Crippen LogP contribution in [0.3, 0.4) is 0 Å². The SMILES string of the molecule is CCCCCCCCCCCCCCC(=O)NCCS(=O)(=O)O.CCCCCCCCCCCCCCC([O-])=NCCS(=O)(=O)[O-].[Ca+2]. The first-order chi connectivity index (χ1) is 21.9. The van der Waals surface area contributed by atoms with Crippen LogP contribution >= 0.6 is 0 Å². The molecular formula is C34H68CaN2O8S2. The average Bonchev–Trinajstić information content (AvgIpc) is 2.97. The quantitative estimate of drug-likeness (QED) is 0.0242. The zero-order valence-electron chi connectivity index (χ0n) is 30.0. The Kier molecular flexibility index (Phi) is 40.8. The second-order valence-corrected chi connectivity index (χ2v) is 15.5. The van der Waals surface area contributed by atoms with E-state index in [0.717, 1.165) is 38.5 Å². The number of unbranched alkanes of at least 4 members (excludes halogenated alkanes) is 22. The van der Waals surface area contributed by atoms with Crippen molar-refractivity contribution < 1.29 is 35.8 Å². The van der Waals surface area contributed by atoms with Crippen LogP contribution in [0.2, 0.25) is 0 Å². The van der Waals surface area contributed by atoms with Crippen LogP contribution in [-0.4, -0.2) is 100 Å². The molecule has 0 radical (unpaired) electrons. The zero-order valence-corrected chi connectivity index (χ0v) is 33.8. The number of hydrogen-bond acceptors (Lipinski definition) is 8. The van der Waals surface area contributed by atoms with Crippen molar-refractivity contribution in [3.63, 3.8) is 0 Å². The first-order valence-corrected chi connectivity index (χ1v) is 21.5. The summed E-state index contributed by atoms with van der Waals surface area (Å²) in [7, 11) is -8.24. The fourth-order valence-corrected chi connectivity index (χ4v) is 5.69. The van der Waals surface area contributed by atoms with E-state index >= 15 is 0 Å². The van der Waals surface area contributed by atoms with Gasteiger partial charge in [-0.3, -0.25) is 9.35 Å². The summed E-state index contributed by atoms with van der Waals surface area (Å²) >= 11 is 0. The summed E-state index contributed by atoms with van der Waals surface area (Å²) in [4.78, 5) is 15.0. The molecule has 0 aliphatic heterocycles. The van der Waals surface area contributed by atoms with Crippen LogP contribution < -0.4 is 10.4 Å². The normalized spacial score (nSPS) is 11.9. The van der Waals surface area contributed by atoms with Crippen molar-refractivity contribution in [1.29, 1.82) is 0 Å². The van der Waals surface area contributed by atoms with E-state index in [-0.39, 0.29) is 62.6 Å². The van der Waals surface area contributed by atoms with Crippen molar-refractivity contribution >= 4 is 69.8 Å². The molecule has 0 fully saturated rings. The maximum Gasteiger partial charge on any atom is 2.00 e. The molecule has 0 aromatic heterocycles. The van der Waals surface area contributed by atoms with Crippen LogP contribution in [-0.2, 0) is 25.0 Å². The number of rotatable bonds is 32. The Morgan fingerprint density at radius 3 is 1.28 bits per heavy atom. The summed E-state index contributed by atoms with van der Waals surface area (Å²) in [5, 5.41) is 13.8. The molecule has 0 aliphatic rings. The molecular weight excluding hydrogens is 669 g/mol. The van der Waals surface area contributed by atoms with Crippen LogP contribution in [0.5, 0.6) is 0 Å². The number of carbonyl (C=O) groups excluding carboxylic acids is 1. The van der Waals surface area contributed by atoms with Gasteiger partial charge in [0.1, 0.15) is 0 Å². The fourth-order valence-electron chi connectivity index (χ4n) is 5.01. The second kappa shape index (κ2) is 37.3. The number of nitrogens with zero attached hydrogens (tertiary/aromatic N) is 1. The summed E-state index contributed by atoms with van der Waals surface area (Å²) in [5.74, 6) is -1.43. The fraction of sp³-hybridized carbons (Fsp3) is 0.941. The first-order valence-electron chi connectivity index (χ1n) is 18.3. The van der Waals surface area contributed by atoms with Crippen molar-refractivity contribution in [3.05, 3.63) is 0 Å². The second-order valence-electron chi connectivity index (χ2n) is 12.5. The average molecular weight is 737 g/mol. The molecule has 0 spiro atoms. The first kappa shape index (κ1) is 51.4. The minimum atomic E-state index is -4.26. The van der Waals surface area contributed by atoms with Gasteiger partial charge in [-0.15, -0.1) is 0 Å². The number of carbonyl (C=O) groups is 1. The van der Waals surface area contributed by atoms with Gasteiger partial charge >= 0.3 is 37.7 Å². The summed E-state index contributed by atoms with van der Waals surface area (Å²) in [6.07, 6.45) is 30.6. The summed E-state index contributed by atoms with van der Waals surface area (Å²) < 4.78 is 60.6. The zero-order chi connectivity index (χ0) is 34.8. The van der Waals surface area contributed by atoms with Gasteiger partial charge in [0.05, 0.1) is 28.2 Å². The van der Waals surface area contributed by atoms with Crippen LogP contribution in [0, 0.1) is 0 Å². The van der Waals surface area contributed by atoms with Crippen molar-refractivity contribution in [2.24, 2.45) is 4.99 Å². The predicted molar refractivity (Wildman–Crippen MR) is 193 cm³/mol. The number of amides is 1. The monoisotopic (exact) mass is 736 g/mol. The maximum atomic E-state index is 11.4. The molecule has 0 rings (SSSR count). The third-order valence-corrected chi connectivity index (χ3v) is 9.22. The van der Waals surface area contributed by atoms with Crippen molar-refractivity contribution in [2.75, 3.05) is 24.6 Å². The molecule has 10 nitrogen and oxygen atoms in total. The summed E-state index contributed by atoms with van der Waals surface area (Å²) in [5.41, 5.74) is 0. The van der Waals surface area contributed by atoms with Gasteiger partial charge in [-0.1, -0.05) is 155 Å². The largest absolute Gasteiger partial charge is 2.00 e. The molecule has 0 aromatic carbocycles. The molecule has 0 atom stereocenters. The van der Waals surface area contributed by atoms with Crippen molar-refractivity contribution in [3.8, 4) is 0 Å². The Morgan fingerprint density at radius 1 is 0.596 bits per heavy atom. The van der Waals surface area contributed by atoms with E-state index in [1.54, 1.807) is 0 Å². The van der Waals surface area contributed by atoms with Crippen LogP contribution in [0.25, 0.3) is 0 Å². The molecule has 0 heterocycles. The third kappa shape index (κ3) is 50.5. The molecule has 1 amide bonds. The van der Waals surface area contributed by atoms with Gasteiger partial charge in [-0.05, 0) is 25.2 Å². The van der Waals surface area contributed by atoms with E-state index in [1.807, 2.05) is 0 Å². The standard InChI is InChI=1S/2C17H35NO4S.Ca/c2*1-2-3-4-5-6-7-8-9-10-11-12-13-14-17(19)18-15-16-23(20,21)22;/h2*2-16H2,1H3,(H,18,19)(H,20,21,22);/q;;+2/p-2. The molecule has 0 aromatic rings. The Hall–Kier alpha value is 0.0197. The van der Waals surface area contributed by atoms with Gasteiger partial charge in [-0.25, -0.2) is 8.42 Å². The maximum absolute atomic E-state index is 11.4. The van der Waals surface area contributed by atoms with Crippen molar-refractivity contribution in [2.45, 2.75) is 181 Å². The number of nitrogens with one attached hydrogen (secondary N) is 1. The van der Waals surface area contributed by atoms with E-state index in [4.69, 9.17) is 4.55 Å². The van der Waals surface area contributed by atoms with Gasteiger partial charge in [0, 0.05) is 13.0 Å². The smallest absolute Gasteiger partial charge is 0.862 e. The molecule has 0 aliphatic carbocycles. The van der Waals surface area contributed by atoms with E-state index in [1.165, 1.54) is 116 Å². The molecule has 2 N–H and O–H groups in total. The molecule has 276 valence electrons. The minimum Gasteiger partial charge on any atom is -0.862 e. The van der Waals surface area contributed by atoms with Gasteiger partial charge < -0.3 is 20.0 Å². The molecule has 0 unspecified atom stereocenters. The number of aliphatic imine (C=N–C) groups is 1. The third-order valence-electron chi connectivity index (χ3n) is 7.81. The molecule has 13 heteroatoms. The Bertz CT molecular complexity index is 932. The van der Waals surface area contributed by atoms with Crippen LogP contribution in [0.15, 0.2) is 4.99 Å². The minimum absolute atomic E-state index is 0. The predicted octanol–water partition coefficient (Wildman–Crippen LogP) is 7.08. The van der Waals surface area contributed by atoms with Crippen LogP contribution in [0.4, 0.5) is 0 Å². The van der Waals surface area contributed by atoms with E-state index < -0.39 is 31.7 Å².